The van der Waals surface area contributed by atoms with Crippen LogP contribution in [0.3, 0.4) is 0 Å². The minimum atomic E-state index is 0.679. The van der Waals surface area contributed by atoms with Crippen LogP contribution in [0.2, 0.25) is 0 Å². The molecule has 16 aromatic rings. The van der Waals surface area contributed by atoms with Gasteiger partial charge in [0.05, 0.1) is 68.8 Å². The first-order valence-corrected chi connectivity index (χ1v) is 25.9. The standard InChI is InChI=1S/C66H42N12/c1-7-28-61-52(22-1)53-23-2-8-29-62(53)76(61)49-19-13-16-46(37-49)73-40-58(67-70-73)43-34-44(59-41-74(71-68-59)47-17-14-20-50(38-47)77-63-30-9-3-24-54(63)55-25-4-10-31-64(55)77)36-45(35-43)60-42-75(72-69-60)48-18-15-21-51(39-48)78-65-32-11-5-26-56(65)57-27-6-12-33-66(57)78/h1-42H. The molecule has 12 heteroatoms. The number of benzene rings is 10. The third kappa shape index (κ3) is 6.94. The van der Waals surface area contributed by atoms with Gasteiger partial charge in [-0.25, -0.2) is 14.0 Å². The van der Waals surface area contributed by atoms with Gasteiger partial charge in [0.15, 0.2) is 0 Å². The second-order valence-electron chi connectivity index (χ2n) is 19.6. The lowest BCUT2D eigenvalue weighted by atomic mass is 10.0. The van der Waals surface area contributed by atoms with Crippen molar-refractivity contribution in [1.82, 2.24) is 58.7 Å². The molecule has 0 saturated heterocycles. The van der Waals surface area contributed by atoms with E-state index in [0.717, 1.165) is 83.9 Å². The van der Waals surface area contributed by atoms with E-state index in [2.05, 4.69) is 250 Å². The van der Waals surface area contributed by atoms with E-state index < -0.39 is 0 Å². The van der Waals surface area contributed by atoms with Crippen molar-refractivity contribution in [2.75, 3.05) is 0 Å². The van der Waals surface area contributed by atoms with E-state index in [9.17, 15) is 0 Å². The van der Waals surface area contributed by atoms with Gasteiger partial charge in [0, 0.05) is 66.1 Å². The van der Waals surface area contributed by atoms with Crippen molar-refractivity contribution >= 4 is 65.4 Å². The molecule has 0 aliphatic heterocycles. The molecule has 0 N–H and O–H groups in total. The Bertz CT molecular complexity index is 4350. The SMILES string of the molecule is c1cc(-n2cc(-c3cc(-c4cn(-c5cccc(-n6c7ccccc7c7ccccc76)c5)nn4)cc(-c4cn(-c5cccc(-n6c7ccccc7c7ccccc76)c5)nn4)c3)nn2)cc(-n2c3ccccc3c3ccccc32)c1. The quantitative estimate of drug-likeness (QED) is 0.143. The fourth-order valence-corrected chi connectivity index (χ4v) is 11.6. The Labute approximate surface area is 445 Å². The van der Waals surface area contributed by atoms with Gasteiger partial charge in [-0.2, -0.15) is 0 Å². The normalized spacial score (nSPS) is 11.8. The first-order valence-electron chi connectivity index (χ1n) is 25.9. The summed E-state index contributed by atoms with van der Waals surface area (Å²) in [6, 6.07) is 82.7. The summed E-state index contributed by atoms with van der Waals surface area (Å²) >= 11 is 0. The number of fused-ring (bicyclic) bond motifs is 9. The molecule has 0 atom stereocenters. The van der Waals surface area contributed by atoms with Crippen molar-refractivity contribution in [1.29, 1.82) is 0 Å². The average Bonchev–Trinajstić information content (AvgIpc) is 4.56. The van der Waals surface area contributed by atoms with E-state index in [-0.39, 0.29) is 0 Å². The van der Waals surface area contributed by atoms with Crippen LogP contribution in [0, 0.1) is 0 Å². The monoisotopic (exact) mass is 1000 g/mol. The average molecular weight is 1000 g/mol. The molecule has 0 amide bonds. The van der Waals surface area contributed by atoms with E-state index in [1.54, 1.807) is 0 Å². The van der Waals surface area contributed by atoms with Crippen molar-refractivity contribution in [2.45, 2.75) is 0 Å². The van der Waals surface area contributed by atoms with E-state index in [1.165, 1.54) is 32.3 Å². The molecule has 0 aliphatic rings. The van der Waals surface area contributed by atoms with E-state index in [0.29, 0.717) is 17.1 Å². The van der Waals surface area contributed by atoms with E-state index in [1.807, 2.05) is 32.6 Å². The topological polar surface area (TPSA) is 107 Å². The largest absolute Gasteiger partial charge is 0.309 e. The molecule has 366 valence electrons. The summed E-state index contributed by atoms with van der Waals surface area (Å²) < 4.78 is 12.4. The van der Waals surface area contributed by atoms with E-state index in [4.69, 9.17) is 30.9 Å². The summed E-state index contributed by atoms with van der Waals surface area (Å²) in [6.45, 7) is 0. The number of nitrogens with zero attached hydrogens (tertiary/aromatic N) is 12. The zero-order chi connectivity index (χ0) is 51.3. The predicted molar refractivity (Wildman–Crippen MR) is 311 cm³/mol. The minimum absolute atomic E-state index is 0.679. The fraction of sp³-hybridized carbons (Fsp3) is 0. The van der Waals surface area contributed by atoms with Crippen LogP contribution in [0.25, 0.3) is 133 Å². The Morgan fingerprint density at radius 3 is 0.705 bits per heavy atom. The Kier molecular flexibility index (Phi) is 9.63. The van der Waals surface area contributed by atoms with Crippen molar-refractivity contribution in [3.63, 3.8) is 0 Å². The molecule has 0 spiro atoms. The van der Waals surface area contributed by atoms with Crippen LogP contribution in [-0.4, -0.2) is 58.7 Å². The first-order chi connectivity index (χ1) is 38.6. The molecular weight excluding hydrogens is 961 g/mol. The maximum atomic E-state index is 4.80. The second kappa shape index (κ2) is 17.3. The van der Waals surface area contributed by atoms with Crippen LogP contribution in [0.5, 0.6) is 0 Å². The first kappa shape index (κ1) is 43.4. The molecule has 16 rings (SSSR count). The van der Waals surface area contributed by atoms with Gasteiger partial charge in [-0.1, -0.05) is 143 Å². The minimum Gasteiger partial charge on any atom is -0.309 e. The second-order valence-corrected chi connectivity index (χ2v) is 19.6. The van der Waals surface area contributed by atoms with Crippen LogP contribution in [0.4, 0.5) is 0 Å². The Morgan fingerprint density at radius 1 is 0.218 bits per heavy atom. The lowest BCUT2D eigenvalue weighted by Gasteiger charge is -2.10. The summed E-state index contributed by atoms with van der Waals surface area (Å²) in [4.78, 5) is 0. The molecular formula is C66H42N12. The van der Waals surface area contributed by atoms with Crippen molar-refractivity contribution < 1.29 is 0 Å². The van der Waals surface area contributed by atoms with Crippen molar-refractivity contribution in [3.05, 3.63) is 255 Å². The van der Waals surface area contributed by atoms with Gasteiger partial charge in [-0.15, -0.1) is 15.3 Å². The predicted octanol–water partition coefficient (Wildman–Crippen LogP) is 14.7. The van der Waals surface area contributed by atoms with Gasteiger partial charge in [0.1, 0.15) is 17.1 Å². The Morgan fingerprint density at radius 2 is 0.449 bits per heavy atom. The number of rotatable bonds is 9. The van der Waals surface area contributed by atoms with Gasteiger partial charge in [0.2, 0.25) is 0 Å². The highest BCUT2D eigenvalue weighted by molar-refractivity contribution is 6.11. The van der Waals surface area contributed by atoms with Gasteiger partial charge >= 0.3 is 0 Å². The molecule has 10 aromatic carbocycles. The maximum Gasteiger partial charge on any atom is 0.113 e. The summed E-state index contributed by atoms with van der Waals surface area (Å²) in [7, 11) is 0. The van der Waals surface area contributed by atoms with E-state index >= 15 is 0 Å². The summed E-state index contributed by atoms with van der Waals surface area (Å²) in [5.41, 5.74) is 17.1. The summed E-state index contributed by atoms with van der Waals surface area (Å²) in [5.74, 6) is 0. The highest BCUT2D eigenvalue weighted by Crippen LogP contribution is 2.37. The third-order valence-electron chi connectivity index (χ3n) is 15.1. The van der Waals surface area contributed by atoms with Crippen molar-refractivity contribution in [3.8, 4) is 67.9 Å². The molecule has 0 saturated carbocycles. The highest BCUT2D eigenvalue weighted by Gasteiger charge is 2.19. The fourth-order valence-electron chi connectivity index (χ4n) is 11.6. The van der Waals surface area contributed by atoms with Crippen LogP contribution in [0.1, 0.15) is 0 Å². The number of hydrogen-bond donors (Lipinski definition) is 0. The molecule has 0 unspecified atom stereocenters. The summed E-state index contributed by atoms with van der Waals surface area (Å²) in [6.07, 6.45) is 5.92. The van der Waals surface area contributed by atoms with Gasteiger partial charge in [-0.3, -0.25) is 0 Å². The number of aromatic nitrogens is 12. The van der Waals surface area contributed by atoms with Gasteiger partial charge in [0.25, 0.3) is 0 Å². The number of hydrogen-bond acceptors (Lipinski definition) is 6. The van der Waals surface area contributed by atoms with Gasteiger partial charge in [-0.05, 0) is 109 Å². The molecule has 78 heavy (non-hydrogen) atoms. The van der Waals surface area contributed by atoms with Crippen LogP contribution in [-0.2, 0) is 0 Å². The smallest absolute Gasteiger partial charge is 0.113 e. The Balaban J connectivity index is 0.791. The van der Waals surface area contributed by atoms with Crippen LogP contribution in [0.15, 0.2) is 255 Å². The van der Waals surface area contributed by atoms with Crippen molar-refractivity contribution in [2.24, 2.45) is 0 Å². The summed E-state index contributed by atoms with van der Waals surface area (Å²) in [5, 5.41) is 35.8. The number of para-hydroxylation sites is 6. The van der Waals surface area contributed by atoms with Gasteiger partial charge < -0.3 is 13.7 Å². The maximum absolute atomic E-state index is 4.80. The van der Waals surface area contributed by atoms with Crippen LogP contribution < -0.4 is 0 Å². The lowest BCUT2D eigenvalue weighted by molar-refractivity contribution is 0.803. The Hall–Kier alpha value is -11.0. The molecule has 0 fully saturated rings. The molecule has 12 nitrogen and oxygen atoms in total. The molecule has 6 aromatic heterocycles. The molecule has 0 bridgehead atoms. The zero-order valence-corrected chi connectivity index (χ0v) is 41.6. The van der Waals surface area contributed by atoms with Crippen LogP contribution >= 0.6 is 0 Å². The molecule has 0 radical (unpaired) electrons. The zero-order valence-electron chi connectivity index (χ0n) is 41.6. The molecule has 0 aliphatic carbocycles. The molecule has 6 heterocycles. The lowest BCUT2D eigenvalue weighted by Crippen LogP contribution is -1.99. The highest BCUT2D eigenvalue weighted by atomic mass is 15.4. The third-order valence-corrected chi connectivity index (χ3v) is 15.1.